The second-order valence-electron chi connectivity index (χ2n) is 3.89. The number of nitrogens with one attached hydrogen (secondary N) is 1. The summed E-state index contributed by atoms with van der Waals surface area (Å²) >= 11 is 0. The third kappa shape index (κ3) is 4.39. The maximum Gasteiger partial charge on any atom is 0.330 e. The number of hydrogen-bond acceptors (Lipinski definition) is 4. The van der Waals surface area contributed by atoms with Gasteiger partial charge in [0.1, 0.15) is 5.53 Å². The molecule has 0 saturated carbocycles. The Balaban J connectivity index is 2.20. The molecule has 1 N–H and O–H groups in total. The molecule has 18 heavy (non-hydrogen) atoms. The number of carbonyl (C=O) groups excluding carboxylic acids is 3. The molecule has 1 aliphatic heterocycles. The SMILES string of the molecule is N=[N+]=NC(=O)CCCCCN1C(=O)C=CCC1=O. The van der Waals surface area contributed by atoms with Gasteiger partial charge in [0.2, 0.25) is 10.8 Å². The van der Waals surface area contributed by atoms with Crippen LogP contribution >= 0.6 is 0 Å². The van der Waals surface area contributed by atoms with E-state index in [0.29, 0.717) is 19.4 Å². The molecule has 0 aromatic rings. The predicted molar refractivity (Wildman–Crippen MR) is 61.2 cm³/mol. The molecule has 0 saturated heterocycles. The van der Waals surface area contributed by atoms with E-state index in [-0.39, 0.29) is 24.7 Å². The molecule has 0 aliphatic carbocycles. The van der Waals surface area contributed by atoms with Gasteiger partial charge in [-0.25, -0.2) is 0 Å². The van der Waals surface area contributed by atoms with Gasteiger partial charge in [-0.3, -0.25) is 19.3 Å². The van der Waals surface area contributed by atoms with Gasteiger partial charge in [-0.1, -0.05) is 12.5 Å². The molecule has 1 heterocycles. The fraction of sp³-hybridized carbons (Fsp3) is 0.545. The Morgan fingerprint density at radius 2 is 2.17 bits per heavy atom. The van der Waals surface area contributed by atoms with E-state index in [4.69, 9.17) is 5.53 Å². The highest BCUT2D eigenvalue weighted by atomic mass is 16.2. The van der Waals surface area contributed by atoms with E-state index in [1.165, 1.54) is 11.0 Å². The lowest BCUT2D eigenvalue weighted by molar-refractivity contribution is -0.142. The summed E-state index contributed by atoms with van der Waals surface area (Å²) in [5.74, 6) is -0.870. The number of carbonyl (C=O) groups is 3. The summed E-state index contributed by atoms with van der Waals surface area (Å²) in [6.07, 6.45) is 5.48. The van der Waals surface area contributed by atoms with Crippen molar-refractivity contribution in [2.24, 2.45) is 5.11 Å². The lowest BCUT2D eigenvalue weighted by atomic mass is 10.1. The van der Waals surface area contributed by atoms with Crippen LogP contribution in [0.2, 0.25) is 0 Å². The summed E-state index contributed by atoms with van der Waals surface area (Å²) in [6, 6.07) is 0. The predicted octanol–water partition coefficient (Wildman–Crippen LogP) is 0.939. The molecular weight excluding hydrogens is 236 g/mol. The fourth-order valence-corrected chi connectivity index (χ4v) is 1.65. The second-order valence-corrected chi connectivity index (χ2v) is 3.89. The summed E-state index contributed by atoms with van der Waals surface area (Å²) < 4.78 is 0. The van der Waals surface area contributed by atoms with Crippen molar-refractivity contribution in [2.45, 2.75) is 32.1 Å². The van der Waals surface area contributed by atoms with E-state index < -0.39 is 5.91 Å². The van der Waals surface area contributed by atoms with Gasteiger partial charge in [0.15, 0.2) is 5.11 Å². The third-order valence-electron chi connectivity index (χ3n) is 2.55. The van der Waals surface area contributed by atoms with Crippen LogP contribution in [0.3, 0.4) is 0 Å². The van der Waals surface area contributed by atoms with Crippen LogP contribution in [-0.2, 0) is 14.4 Å². The number of nitrogens with zero attached hydrogens (tertiary/aromatic N) is 3. The van der Waals surface area contributed by atoms with Crippen LogP contribution in [0.15, 0.2) is 17.3 Å². The van der Waals surface area contributed by atoms with E-state index in [9.17, 15) is 14.4 Å². The molecule has 1 rings (SSSR count). The molecule has 0 unspecified atom stereocenters. The maximum absolute atomic E-state index is 11.4. The normalized spacial score (nSPS) is 14.6. The minimum absolute atomic E-state index is 0.179. The molecule has 96 valence electrons. The van der Waals surface area contributed by atoms with Crippen molar-refractivity contribution in [2.75, 3.05) is 6.54 Å². The Labute approximate surface area is 104 Å². The molecule has 1 aliphatic rings. The molecular formula is C11H15N4O3+. The number of amides is 3. The van der Waals surface area contributed by atoms with Crippen LogP contribution in [0.5, 0.6) is 0 Å². The largest absolute Gasteiger partial charge is 0.330 e. The summed E-state index contributed by atoms with van der Waals surface area (Å²) in [4.78, 5) is 37.6. The van der Waals surface area contributed by atoms with Gasteiger partial charge in [0, 0.05) is 25.5 Å². The van der Waals surface area contributed by atoms with Crippen LogP contribution in [0.4, 0.5) is 0 Å². The average molecular weight is 251 g/mol. The van der Waals surface area contributed by atoms with Crippen LogP contribution < -0.4 is 4.91 Å². The van der Waals surface area contributed by atoms with Gasteiger partial charge >= 0.3 is 5.91 Å². The summed E-state index contributed by atoms with van der Waals surface area (Å²) in [5, 5.41) is 3.06. The molecule has 7 nitrogen and oxygen atoms in total. The van der Waals surface area contributed by atoms with Crippen molar-refractivity contribution < 1.29 is 14.4 Å². The summed E-state index contributed by atoms with van der Waals surface area (Å²) in [7, 11) is 0. The minimum Gasteiger partial charge on any atom is -0.279 e. The standard InChI is InChI=1S/C11H15N4O3/c12-14-13-9(16)5-2-1-3-8-15-10(17)6-4-7-11(15)18/h4,6,12H,1-3,5,7-8H2/q+1. The average Bonchev–Trinajstić information content (AvgIpc) is 2.32. The van der Waals surface area contributed by atoms with Crippen molar-refractivity contribution in [1.29, 1.82) is 5.53 Å². The monoisotopic (exact) mass is 251 g/mol. The Morgan fingerprint density at radius 3 is 2.83 bits per heavy atom. The molecule has 0 fully saturated rings. The lowest BCUT2D eigenvalue weighted by Crippen LogP contribution is -2.38. The second kappa shape index (κ2) is 7.24. The summed E-state index contributed by atoms with van der Waals surface area (Å²) in [5.41, 5.74) is 6.38. The zero-order valence-corrected chi connectivity index (χ0v) is 9.96. The Morgan fingerprint density at radius 1 is 1.39 bits per heavy atom. The highest BCUT2D eigenvalue weighted by Crippen LogP contribution is 2.08. The van der Waals surface area contributed by atoms with Crippen LogP contribution in [-0.4, -0.2) is 29.2 Å². The van der Waals surface area contributed by atoms with E-state index in [1.54, 1.807) is 6.08 Å². The number of imide groups is 1. The van der Waals surface area contributed by atoms with Crippen molar-refractivity contribution in [3.8, 4) is 0 Å². The van der Waals surface area contributed by atoms with Gasteiger partial charge in [0.25, 0.3) is 5.91 Å². The molecule has 0 aromatic carbocycles. The highest BCUT2D eigenvalue weighted by molar-refractivity contribution is 6.04. The topological polar surface area (TPSA) is 105 Å². The number of rotatable bonds is 6. The highest BCUT2D eigenvalue weighted by Gasteiger charge is 2.21. The van der Waals surface area contributed by atoms with Crippen LogP contribution in [0.1, 0.15) is 32.1 Å². The van der Waals surface area contributed by atoms with Crippen molar-refractivity contribution in [3.63, 3.8) is 0 Å². The van der Waals surface area contributed by atoms with Crippen molar-refractivity contribution in [1.82, 2.24) is 9.81 Å². The molecule has 7 heteroatoms. The first kappa shape index (κ1) is 13.9. The van der Waals surface area contributed by atoms with Gasteiger partial charge < -0.3 is 0 Å². The van der Waals surface area contributed by atoms with Crippen LogP contribution in [0.25, 0.3) is 0 Å². The molecule has 0 atom stereocenters. The fourth-order valence-electron chi connectivity index (χ4n) is 1.65. The number of hydrogen-bond donors (Lipinski definition) is 1. The van der Waals surface area contributed by atoms with E-state index in [2.05, 4.69) is 10.0 Å². The van der Waals surface area contributed by atoms with Gasteiger partial charge in [-0.15, -0.1) is 0 Å². The van der Waals surface area contributed by atoms with E-state index in [0.717, 1.165) is 6.42 Å². The zero-order valence-electron chi connectivity index (χ0n) is 9.96. The Hall–Kier alpha value is -2.14. The quantitative estimate of drug-likeness (QED) is 0.328. The minimum atomic E-state index is -0.418. The first-order valence-corrected chi connectivity index (χ1v) is 5.76. The molecule has 0 radical (unpaired) electrons. The summed E-state index contributed by atoms with van der Waals surface area (Å²) in [6.45, 7) is 0.385. The smallest absolute Gasteiger partial charge is 0.279 e. The molecule has 3 amide bonds. The van der Waals surface area contributed by atoms with Gasteiger partial charge in [0.05, 0.1) is 0 Å². The third-order valence-corrected chi connectivity index (χ3v) is 2.55. The van der Waals surface area contributed by atoms with E-state index >= 15 is 0 Å². The zero-order chi connectivity index (χ0) is 13.4. The van der Waals surface area contributed by atoms with Gasteiger partial charge in [-0.05, 0) is 12.8 Å². The Bertz CT molecular complexity index is 424. The van der Waals surface area contributed by atoms with E-state index in [1.807, 2.05) is 0 Å². The lowest BCUT2D eigenvalue weighted by Gasteiger charge is -2.21. The number of unbranched alkanes of at least 4 members (excludes halogenated alkanes) is 2. The first-order valence-electron chi connectivity index (χ1n) is 5.76. The first-order chi connectivity index (χ1) is 8.65. The maximum atomic E-state index is 11.4. The van der Waals surface area contributed by atoms with Crippen molar-refractivity contribution in [3.05, 3.63) is 12.2 Å². The molecule has 0 spiro atoms. The van der Waals surface area contributed by atoms with Gasteiger partial charge in [-0.2, -0.15) is 0 Å². The Kier molecular flexibility index (Phi) is 5.60. The van der Waals surface area contributed by atoms with Crippen LogP contribution in [0, 0.1) is 5.53 Å². The van der Waals surface area contributed by atoms with Crippen molar-refractivity contribution >= 4 is 17.7 Å². The molecule has 0 bridgehead atoms. The molecule has 0 aromatic heterocycles.